The molecule has 1 atom stereocenters. The topological polar surface area (TPSA) is 20.2 Å². The fourth-order valence-electron chi connectivity index (χ4n) is 1.43. The first-order valence-corrected chi connectivity index (χ1v) is 5.01. The van der Waals surface area contributed by atoms with Gasteiger partial charge in [0.2, 0.25) is 0 Å². The molecular formula is C11H15ClO. The summed E-state index contributed by atoms with van der Waals surface area (Å²) in [4.78, 5) is 0. The van der Waals surface area contributed by atoms with Crippen molar-refractivity contribution in [3.05, 3.63) is 28.8 Å². The molecule has 1 aromatic rings. The maximum Gasteiger partial charge on any atom is 0.134 e. The number of aromatic hydroxyl groups is 1. The Morgan fingerprint density at radius 2 is 2.15 bits per heavy atom. The van der Waals surface area contributed by atoms with E-state index < -0.39 is 0 Å². The van der Waals surface area contributed by atoms with E-state index in [-0.39, 0.29) is 5.75 Å². The van der Waals surface area contributed by atoms with Gasteiger partial charge in [0.25, 0.3) is 0 Å². The van der Waals surface area contributed by atoms with Gasteiger partial charge in [-0.3, -0.25) is 0 Å². The Kier molecular flexibility index (Phi) is 3.61. The zero-order valence-electron chi connectivity index (χ0n) is 8.05. The Labute approximate surface area is 84.4 Å². The van der Waals surface area contributed by atoms with Gasteiger partial charge in [-0.2, -0.15) is 0 Å². The predicted octanol–water partition coefficient (Wildman–Crippen LogP) is 3.95. The molecule has 1 unspecified atom stereocenters. The molecule has 0 bridgehead atoms. The highest BCUT2D eigenvalue weighted by Crippen LogP contribution is 2.28. The molecule has 13 heavy (non-hydrogen) atoms. The molecule has 0 aliphatic carbocycles. The molecule has 0 aliphatic heterocycles. The number of hydrogen-bond acceptors (Lipinski definition) is 1. The van der Waals surface area contributed by atoms with Crippen LogP contribution in [0.3, 0.4) is 0 Å². The molecule has 1 aromatic carbocycles. The van der Waals surface area contributed by atoms with E-state index in [1.54, 1.807) is 6.07 Å². The van der Waals surface area contributed by atoms with Gasteiger partial charge in [0.05, 0.1) is 5.02 Å². The zero-order valence-corrected chi connectivity index (χ0v) is 8.80. The van der Waals surface area contributed by atoms with Gasteiger partial charge in [-0.05, 0) is 30.0 Å². The maximum absolute atomic E-state index is 9.22. The second-order valence-electron chi connectivity index (χ2n) is 3.40. The average Bonchev–Trinajstić information content (AvgIpc) is 2.10. The van der Waals surface area contributed by atoms with Crippen LogP contribution in [0.2, 0.25) is 5.02 Å². The summed E-state index contributed by atoms with van der Waals surface area (Å²) < 4.78 is 0. The van der Waals surface area contributed by atoms with Crippen LogP contribution in [0.25, 0.3) is 0 Å². The van der Waals surface area contributed by atoms with E-state index >= 15 is 0 Å². The fourth-order valence-corrected chi connectivity index (χ4v) is 1.62. The van der Waals surface area contributed by atoms with Crippen LogP contribution in [0.4, 0.5) is 0 Å². The second kappa shape index (κ2) is 4.52. The number of halogens is 1. The van der Waals surface area contributed by atoms with Crippen LogP contribution >= 0.6 is 11.6 Å². The highest BCUT2D eigenvalue weighted by Gasteiger charge is 2.06. The summed E-state index contributed by atoms with van der Waals surface area (Å²) in [5.74, 6) is 0.678. The van der Waals surface area contributed by atoms with E-state index in [1.807, 2.05) is 12.1 Å². The molecule has 0 heterocycles. The summed E-state index contributed by atoms with van der Waals surface area (Å²) in [7, 11) is 0. The van der Waals surface area contributed by atoms with Crippen molar-refractivity contribution in [2.45, 2.75) is 32.6 Å². The second-order valence-corrected chi connectivity index (χ2v) is 3.81. The van der Waals surface area contributed by atoms with E-state index in [2.05, 4.69) is 13.8 Å². The van der Waals surface area contributed by atoms with Crippen LogP contribution in [0.1, 0.15) is 38.2 Å². The third-order valence-corrected chi connectivity index (χ3v) is 2.57. The van der Waals surface area contributed by atoms with Gasteiger partial charge in [0.15, 0.2) is 0 Å². The van der Waals surface area contributed by atoms with Gasteiger partial charge in [-0.15, -0.1) is 0 Å². The van der Waals surface area contributed by atoms with Crippen LogP contribution in [-0.2, 0) is 0 Å². The molecule has 1 N–H and O–H groups in total. The molecule has 1 nitrogen and oxygen atoms in total. The molecule has 72 valence electrons. The number of hydrogen-bond donors (Lipinski definition) is 1. The Morgan fingerprint density at radius 1 is 1.46 bits per heavy atom. The van der Waals surface area contributed by atoms with E-state index in [1.165, 1.54) is 12.0 Å². The largest absolute Gasteiger partial charge is 0.506 e. The van der Waals surface area contributed by atoms with Gasteiger partial charge in [0, 0.05) is 0 Å². The summed E-state index contributed by atoms with van der Waals surface area (Å²) in [6.45, 7) is 4.34. The molecule has 0 radical (unpaired) electrons. The molecule has 0 fully saturated rings. The summed E-state index contributed by atoms with van der Waals surface area (Å²) >= 11 is 5.81. The number of benzene rings is 1. The van der Waals surface area contributed by atoms with Crippen molar-refractivity contribution in [3.63, 3.8) is 0 Å². The number of phenols is 1. The lowest BCUT2D eigenvalue weighted by Gasteiger charge is -2.10. The van der Waals surface area contributed by atoms with Crippen LogP contribution in [0.5, 0.6) is 5.75 Å². The predicted molar refractivity (Wildman–Crippen MR) is 56.4 cm³/mol. The third kappa shape index (κ3) is 2.63. The minimum atomic E-state index is 0.161. The van der Waals surface area contributed by atoms with Gasteiger partial charge in [-0.25, -0.2) is 0 Å². The van der Waals surface area contributed by atoms with E-state index in [0.717, 1.165) is 6.42 Å². The van der Waals surface area contributed by atoms with E-state index in [0.29, 0.717) is 10.9 Å². The molecule has 0 amide bonds. The molecule has 0 aromatic heterocycles. The Hall–Kier alpha value is -0.690. The third-order valence-electron chi connectivity index (χ3n) is 2.26. The highest BCUT2D eigenvalue weighted by atomic mass is 35.5. The number of phenolic OH excluding ortho intramolecular Hbond substituents is 1. The Morgan fingerprint density at radius 3 is 2.69 bits per heavy atom. The van der Waals surface area contributed by atoms with Gasteiger partial charge in [-0.1, -0.05) is 37.9 Å². The van der Waals surface area contributed by atoms with Gasteiger partial charge < -0.3 is 5.11 Å². The van der Waals surface area contributed by atoms with Crippen molar-refractivity contribution in [3.8, 4) is 5.75 Å². The zero-order chi connectivity index (χ0) is 9.84. The molecular weight excluding hydrogens is 184 g/mol. The maximum atomic E-state index is 9.22. The molecule has 0 saturated heterocycles. The van der Waals surface area contributed by atoms with Crippen LogP contribution in [0.15, 0.2) is 18.2 Å². The summed E-state index contributed by atoms with van der Waals surface area (Å²) in [5.41, 5.74) is 1.20. The number of rotatable bonds is 3. The molecule has 0 spiro atoms. The normalized spacial score (nSPS) is 12.8. The summed E-state index contributed by atoms with van der Waals surface area (Å²) in [6, 6.07) is 5.43. The van der Waals surface area contributed by atoms with Gasteiger partial charge >= 0.3 is 0 Å². The van der Waals surface area contributed by atoms with Crippen molar-refractivity contribution in [1.82, 2.24) is 0 Å². The highest BCUT2D eigenvalue weighted by molar-refractivity contribution is 6.32. The minimum absolute atomic E-state index is 0.161. The van der Waals surface area contributed by atoms with Gasteiger partial charge in [0.1, 0.15) is 5.75 Å². The molecule has 2 heteroatoms. The molecule has 1 rings (SSSR count). The van der Waals surface area contributed by atoms with Crippen LogP contribution in [0, 0.1) is 0 Å². The quantitative estimate of drug-likeness (QED) is 0.780. The minimum Gasteiger partial charge on any atom is -0.506 e. The lowest BCUT2D eigenvalue weighted by Crippen LogP contribution is -1.92. The lowest BCUT2D eigenvalue weighted by atomic mass is 9.97. The standard InChI is InChI=1S/C11H15ClO/c1-3-4-8(2)9-5-6-11(13)10(12)7-9/h5-8,13H,3-4H2,1-2H3. The molecule has 0 aliphatic rings. The first-order chi connectivity index (χ1) is 6.15. The fraction of sp³-hybridized carbons (Fsp3) is 0.455. The van der Waals surface area contributed by atoms with Crippen LogP contribution in [-0.4, -0.2) is 5.11 Å². The first-order valence-electron chi connectivity index (χ1n) is 4.63. The Balaban J connectivity index is 2.84. The van der Waals surface area contributed by atoms with Crippen molar-refractivity contribution in [2.75, 3.05) is 0 Å². The van der Waals surface area contributed by atoms with Crippen molar-refractivity contribution in [1.29, 1.82) is 0 Å². The van der Waals surface area contributed by atoms with Crippen molar-refractivity contribution < 1.29 is 5.11 Å². The summed E-state index contributed by atoms with van der Waals surface area (Å²) in [6.07, 6.45) is 2.32. The summed E-state index contributed by atoms with van der Waals surface area (Å²) in [5, 5.41) is 9.67. The monoisotopic (exact) mass is 198 g/mol. The first kappa shape index (κ1) is 10.4. The van der Waals surface area contributed by atoms with Crippen molar-refractivity contribution >= 4 is 11.6 Å². The Bertz CT molecular complexity index is 283. The molecule has 0 saturated carbocycles. The van der Waals surface area contributed by atoms with E-state index in [4.69, 9.17) is 11.6 Å². The SMILES string of the molecule is CCCC(C)c1ccc(O)c(Cl)c1. The van der Waals surface area contributed by atoms with E-state index in [9.17, 15) is 5.11 Å². The average molecular weight is 199 g/mol. The van der Waals surface area contributed by atoms with Crippen molar-refractivity contribution in [2.24, 2.45) is 0 Å². The smallest absolute Gasteiger partial charge is 0.134 e. The van der Waals surface area contributed by atoms with Crippen LogP contribution < -0.4 is 0 Å². The lowest BCUT2D eigenvalue weighted by molar-refractivity contribution is 0.475.